The Kier molecular flexibility index (Phi) is 5.57. The van der Waals surface area contributed by atoms with Gasteiger partial charge in [-0.1, -0.05) is 35.9 Å². The van der Waals surface area contributed by atoms with Crippen molar-refractivity contribution in [1.82, 2.24) is 4.90 Å². The Bertz CT molecular complexity index is 1280. The fraction of sp³-hybridized carbons (Fsp3) is 0.231. The summed E-state index contributed by atoms with van der Waals surface area (Å²) < 4.78 is 11.1. The second-order valence-electron chi connectivity index (χ2n) is 8.32. The zero-order valence-corrected chi connectivity index (χ0v) is 20.0. The molecule has 0 radical (unpaired) electrons. The van der Waals surface area contributed by atoms with Gasteiger partial charge in [0.05, 0.1) is 19.9 Å². The summed E-state index contributed by atoms with van der Waals surface area (Å²) in [5, 5.41) is 10.3. The number of carbonyl (C=O) groups excluding carboxylic acids is 1. The van der Waals surface area contributed by atoms with Gasteiger partial charge in [0, 0.05) is 22.8 Å². The number of hydrogen-bond acceptors (Lipinski definition) is 6. The Balaban J connectivity index is 1.64. The molecule has 3 aromatic rings. The molecule has 34 heavy (non-hydrogen) atoms. The smallest absolute Gasteiger partial charge is 0.293 e. The molecule has 0 aromatic heterocycles. The largest absolute Gasteiger partial charge is 0.493 e. The minimum Gasteiger partial charge on any atom is -0.493 e. The minimum atomic E-state index is -0.777. The lowest BCUT2D eigenvalue weighted by Crippen LogP contribution is -2.56. The molecule has 174 valence electrons. The fourth-order valence-electron chi connectivity index (χ4n) is 4.74. The maximum absolute atomic E-state index is 13.4. The molecule has 2 aliphatic heterocycles. The Morgan fingerprint density at radius 1 is 1.03 bits per heavy atom. The number of amidine groups is 1. The Morgan fingerprint density at radius 2 is 1.76 bits per heavy atom. The van der Waals surface area contributed by atoms with Crippen LogP contribution in [0.1, 0.15) is 18.1 Å². The van der Waals surface area contributed by atoms with Crippen molar-refractivity contribution in [1.29, 1.82) is 0 Å². The van der Waals surface area contributed by atoms with Crippen molar-refractivity contribution in [3.63, 3.8) is 0 Å². The highest BCUT2D eigenvalue weighted by atomic mass is 35.5. The second kappa shape index (κ2) is 8.57. The number of rotatable bonds is 5. The summed E-state index contributed by atoms with van der Waals surface area (Å²) in [4.78, 5) is 15.5. The quantitative estimate of drug-likeness (QED) is 0.569. The van der Waals surface area contributed by atoms with Crippen LogP contribution in [0.3, 0.4) is 0 Å². The van der Waals surface area contributed by atoms with Gasteiger partial charge in [-0.2, -0.15) is 0 Å². The fourth-order valence-corrected chi connectivity index (χ4v) is 4.93. The first kappa shape index (κ1) is 22.1. The number of hydrazone groups is 1. The van der Waals surface area contributed by atoms with E-state index in [0.29, 0.717) is 34.6 Å². The van der Waals surface area contributed by atoms with E-state index >= 15 is 0 Å². The number of nitrogens with one attached hydrogen (secondary N) is 1. The molecule has 0 bridgehead atoms. The molecule has 0 spiro atoms. The summed E-state index contributed by atoms with van der Waals surface area (Å²) in [6, 6.07) is 20.8. The molecule has 8 heteroatoms. The van der Waals surface area contributed by atoms with Gasteiger partial charge in [0.25, 0.3) is 5.91 Å². The molecule has 2 aliphatic rings. The number of carbonyl (C=O) groups is 1. The van der Waals surface area contributed by atoms with E-state index in [1.54, 1.807) is 14.2 Å². The lowest BCUT2D eigenvalue weighted by molar-refractivity contribution is -0.111. The summed E-state index contributed by atoms with van der Waals surface area (Å²) in [7, 11) is 3.25. The predicted molar refractivity (Wildman–Crippen MR) is 134 cm³/mol. The average molecular weight is 477 g/mol. The zero-order valence-electron chi connectivity index (χ0n) is 19.2. The number of fused-ring (bicyclic) bond motifs is 3. The van der Waals surface area contributed by atoms with E-state index < -0.39 is 5.66 Å². The van der Waals surface area contributed by atoms with Crippen molar-refractivity contribution in [2.24, 2.45) is 5.10 Å². The molecular formula is C26H25ClN4O3. The van der Waals surface area contributed by atoms with Crippen LogP contribution in [0.4, 0.5) is 11.4 Å². The lowest BCUT2D eigenvalue weighted by Gasteiger charge is -2.46. The Labute approximate surface area is 203 Å². The molecule has 0 saturated carbocycles. The van der Waals surface area contributed by atoms with Crippen molar-refractivity contribution in [3.05, 3.63) is 82.9 Å². The van der Waals surface area contributed by atoms with Gasteiger partial charge in [-0.25, -0.2) is 5.01 Å². The van der Waals surface area contributed by atoms with Gasteiger partial charge in [-0.15, -0.1) is 5.10 Å². The van der Waals surface area contributed by atoms with Crippen LogP contribution in [0.15, 0.2) is 71.8 Å². The molecule has 0 saturated heterocycles. The predicted octanol–water partition coefficient (Wildman–Crippen LogP) is 4.86. The van der Waals surface area contributed by atoms with Crippen LogP contribution in [0.2, 0.25) is 5.02 Å². The molecule has 3 aromatic carbocycles. The number of ether oxygens (including phenoxy) is 2. The zero-order chi connectivity index (χ0) is 23.9. The number of para-hydroxylation sites is 1. The minimum absolute atomic E-state index is 0.272. The molecule has 5 rings (SSSR count). The summed E-state index contributed by atoms with van der Waals surface area (Å²) in [6.07, 6.45) is 0.728. The lowest BCUT2D eigenvalue weighted by atomic mass is 9.87. The second-order valence-corrected chi connectivity index (χ2v) is 8.76. The van der Waals surface area contributed by atoms with Crippen LogP contribution in [0, 0.1) is 0 Å². The third kappa shape index (κ3) is 3.53. The van der Waals surface area contributed by atoms with Crippen molar-refractivity contribution >= 4 is 34.7 Å². The highest BCUT2D eigenvalue weighted by molar-refractivity contribution is 6.43. The first-order valence-corrected chi connectivity index (χ1v) is 11.4. The number of halogens is 1. The molecule has 7 nitrogen and oxygen atoms in total. The number of hydrogen-bond donors (Lipinski definition) is 1. The number of methoxy groups -OCH3 is 2. The molecule has 0 aliphatic carbocycles. The van der Waals surface area contributed by atoms with Crippen molar-refractivity contribution < 1.29 is 14.3 Å². The average Bonchev–Trinajstić information content (AvgIpc) is 3.17. The van der Waals surface area contributed by atoms with Crippen LogP contribution in [-0.2, 0) is 16.9 Å². The van der Waals surface area contributed by atoms with Crippen LogP contribution >= 0.6 is 11.6 Å². The summed E-state index contributed by atoms with van der Waals surface area (Å²) in [5.74, 6) is 1.36. The van der Waals surface area contributed by atoms with Gasteiger partial charge >= 0.3 is 0 Å². The molecule has 1 unspecified atom stereocenters. The first-order chi connectivity index (χ1) is 16.5. The summed E-state index contributed by atoms with van der Waals surface area (Å²) in [6.45, 7) is 2.67. The summed E-state index contributed by atoms with van der Waals surface area (Å²) in [5.41, 5.74) is 2.82. The van der Waals surface area contributed by atoms with Crippen molar-refractivity contribution in [3.8, 4) is 11.5 Å². The number of nitrogens with zero attached hydrogens (tertiary/aromatic N) is 3. The number of anilines is 2. The van der Waals surface area contributed by atoms with E-state index in [1.807, 2.05) is 76.6 Å². The first-order valence-electron chi connectivity index (χ1n) is 11.0. The Morgan fingerprint density at radius 3 is 2.47 bits per heavy atom. The van der Waals surface area contributed by atoms with Crippen molar-refractivity contribution in [2.45, 2.75) is 19.0 Å². The van der Waals surface area contributed by atoms with Crippen LogP contribution in [0.5, 0.6) is 11.5 Å². The van der Waals surface area contributed by atoms with E-state index in [2.05, 4.69) is 12.2 Å². The normalized spacial score (nSPS) is 18.6. The maximum atomic E-state index is 13.4. The van der Waals surface area contributed by atoms with E-state index in [0.717, 1.165) is 23.2 Å². The van der Waals surface area contributed by atoms with Crippen molar-refractivity contribution in [2.75, 3.05) is 31.1 Å². The van der Waals surface area contributed by atoms with E-state index in [1.165, 1.54) is 0 Å². The highest BCUT2D eigenvalue weighted by Crippen LogP contribution is 2.48. The topological polar surface area (TPSA) is 66.4 Å². The van der Waals surface area contributed by atoms with E-state index in [4.69, 9.17) is 26.2 Å². The van der Waals surface area contributed by atoms with Crippen LogP contribution in [-0.4, -0.2) is 37.4 Å². The highest BCUT2D eigenvalue weighted by Gasteiger charge is 2.52. The van der Waals surface area contributed by atoms with Gasteiger partial charge in [-0.3, -0.25) is 4.79 Å². The van der Waals surface area contributed by atoms with Gasteiger partial charge in [-0.05, 0) is 61.4 Å². The molecular weight excluding hydrogens is 452 g/mol. The van der Waals surface area contributed by atoms with Gasteiger partial charge < -0.3 is 19.7 Å². The molecule has 1 amide bonds. The third-order valence-corrected chi connectivity index (χ3v) is 6.64. The maximum Gasteiger partial charge on any atom is 0.293 e. The molecule has 1 N–H and O–H groups in total. The monoisotopic (exact) mass is 476 g/mol. The molecule has 0 fully saturated rings. The molecule has 1 atom stereocenters. The third-order valence-electron chi connectivity index (χ3n) is 6.40. The van der Waals surface area contributed by atoms with Crippen LogP contribution < -0.4 is 19.8 Å². The van der Waals surface area contributed by atoms with Gasteiger partial charge in [0.2, 0.25) is 5.84 Å². The molecule has 2 heterocycles. The van der Waals surface area contributed by atoms with E-state index in [-0.39, 0.29) is 5.91 Å². The van der Waals surface area contributed by atoms with Gasteiger partial charge in [0.15, 0.2) is 17.2 Å². The standard InChI is InChI=1S/C26H25ClN4O3/c1-26-21-16-23(34-3)22(33-2)14-17(21)12-13-30(26)24(25(32)28-19-9-5-4-6-10-19)29-31(26)20-11-7-8-18(27)15-20/h4-11,14-16H,12-13H2,1-3H3,(H,28,32). The Hall–Kier alpha value is -3.71. The van der Waals surface area contributed by atoms with E-state index in [9.17, 15) is 4.79 Å². The number of benzene rings is 3. The number of amides is 1. The summed E-state index contributed by atoms with van der Waals surface area (Å²) >= 11 is 6.33. The van der Waals surface area contributed by atoms with Gasteiger partial charge in [0.1, 0.15) is 0 Å². The van der Waals surface area contributed by atoms with Crippen LogP contribution in [0.25, 0.3) is 0 Å². The SMILES string of the molecule is COc1cc2c(cc1OC)C1(C)N(CC2)C(C(=O)Nc2ccccc2)=NN1c1cccc(Cl)c1.